The third-order valence-corrected chi connectivity index (χ3v) is 0.928. The Bertz CT molecular complexity index is 407. The molecule has 1 aromatic heterocycles. The third-order valence-electron chi connectivity index (χ3n) is 0.928. The van der Waals surface area contributed by atoms with E-state index in [4.69, 9.17) is 9.90 Å². The van der Waals surface area contributed by atoms with Crippen LogP contribution >= 0.6 is 0 Å². The van der Waals surface area contributed by atoms with Crippen molar-refractivity contribution >= 4 is 5.97 Å². The standard InChI is InChI=1S/C4H4N2O2.C2HF3O2/c7-3-1-2-5-4(8)6-3;3-2(4,5)1(6)7/h1-2H,(H2,5,6,7,8);(H,6,7). The Labute approximate surface area is 79.4 Å². The number of halogens is 3. The van der Waals surface area contributed by atoms with Crippen LogP contribution in [0, 0.1) is 0 Å². The summed E-state index contributed by atoms with van der Waals surface area (Å²) in [6.07, 6.45) is -3.79. The first-order valence-electron chi connectivity index (χ1n) is 3.31. The Morgan fingerprint density at radius 1 is 1.33 bits per heavy atom. The van der Waals surface area contributed by atoms with Crippen molar-refractivity contribution in [1.29, 1.82) is 0 Å². The van der Waals surface area contributed by atoms with Gasteiger partial charge in [0.2, 0.25) is 0 Å². The van der Waals surface area contributed by atoms with Crippen molar-refractivity contribution in [2.24, 2.45) is 0 Å². The fraction of sp³-hybridized carbons (Fsp3) is 0.167. The van der Waals surface area contributed by atoms with Crippen LogP contribution in [-0.4, -0.2) is 27.2 Å². The van der Waals surface area contributed by atoms with E-state index in [1.54, 1.807) is 0 Å². The number of aromatic amines is 2. The molecular formula is C6H5F3N2O4. The van der Waals surface area contributed by atoms with E-state index in [-0.39, 0.29) is 5.56 Å². The molecule has 0 spiro atoms. The van der Waals surface area contributed by atoms with Crippen molar-refractivity contribution in [3.8, 4) is 0 Å². The van der Waals surface area contributed by atoms with Gasteiger partial charge >= 0.3 is 17.8 Å². The molecule has 0 amide bonds. The maximum Gasteiger partial charge on any atom is 0.490 e. The van der Waals surface area contributed by atoms with E-state index in [0.29, 0.717) is 0 Å². The van der Waals surface area contributed by atoms with Gasteiger partial charge in [0.1, 0.15) is 0 Å². The first kappa shape index (κ1) is 12.9. The van der Waals surface area contributed by atoms with E-state index in [0.717, 1.165) is 0 Å². The predicted molar refractivity (Wildman–Crippen MR) is 41.4 cm³/mol. The quantitative estimate of drug-likeness (QED) is 0.564. The number of nitrogens with one attached hydrogen (secondary N) is 2. The average molecular weight is 226 g/mol. The number of aliphatic carboxylic acids is 1. The minimum absolute atomic E-state index is 0.381. The van der Waals surface area contributed by atoms with Gasteiger partial charge in [-0.2, -0.15) is 13.2 Å². The second-order valence-electron chi connectivity index (χ2n) is 2.10. The topological polar surface area (TPSA) is 103 Å². The van der Waals surface area contributed by atoms with Crippen LogP contribution in [0.1, 0.15) is 0 Å². The summed E-state index contributed by atoms with van der Waals surface area (Å²) in [6, 6.07) is 1.24. The summed E-state index contributed by atoms with van der Waals surface area (Å²) in [5, 5.41) is 7.12. The van der Waals surface area contributed by atoms with Crippen LogP contribution in [0.3, 0.4) is 0 Å². The minimum Gasteiger partial charge on any atom is -0.475 e. The number of carboxylic acids is 1. The second-order valence-corrected chi connectivity index (χ2v) is 2.10. The molecule has 0 aliphatic carbocycles. The van der Waals surface area contributed by atoms with Crippen LogP contribution in [0.15, 0.2) is 21.9 Å². The molecule has 1 heterocycles. The molecule has 0 radical (unpaired) electrons. The fourth-order valence-electron chi connectivity index (χ4n) is 0.383. The van der Waals surface area contributed by atoms with Crippen LogP contribution in [0.4, 0.5) is 13.2 Å². The molecule has 84 valence electrons. The molecule has 0 saturated carbocycles. The number of alkyl halides is 3. The van der Waals surface area contributed by atoms with E-state index in [9.17, 15) is 22.8 Å². The smallest absolute Gasteiger partial charge is 0.475 e. The van der Waals surface area contributed by atoms with E-state index in [1.807, 2.05) is 4.98 Å². The summed E-state index contributed by atoms with van der Waals surface area (Å²) < 4.78 is 31.7. The number of aromatic nitrogens is 2. The van der Waals surface area contributed by atoms with Crippen LogP contribution in [0.2, 0.25) is 0 Å². The van der Waals surface area contributed by atoms with Gasteiger partial charge in [0.25, 0.3) is 5.56 Å². The molecule has 1 aromatic rings. The van der Waals surface area contributed by atoms with Crippen LogP contribution in [0.5, 0.6) is 0 Å². The van der Waals surface area contributed by atoms with E-state index in [1.165, 1.54) is 12.3 Å². The number of hydrogen-bond acceptors (Lipinski definition) is 3. The van der Waals surface area contributed by atoms with Crippen LogP contribution in [-0.2, 0) is 4.79 Å². The zero-order chi connectivity index (χ0) is 12.1. The Hall–Kier alpha value is -2.06. The summed E-state index contributed by atoms with van der Waals surface area (Å²) in [6.45, 7) is 0. The summed E-state index contributed by atoms with van der Waals surface area (Å²) in [5.41, 5.74) is -0.855. The zero-order valence-corrected chi connectivity index (χ0v) is 6.96. The predicted octanol–water partition coefficient (Wildman–Crippen LogP) is -0.304. The summed E-state index contributed by atoms with van der Waals surface area (Å²) in [4.78, 5) is 33.6. The van der Waals surface area contributed by atoms with Gasteiger partial charge in [0.15, 0.2) is 0 Å². The molecule has 9 heteroatoms. The van der Waals surface area contributed by atoms with Gasteiger partial charge < -0.3 is 10.1 Å². The second kappa shape index (κ2) is 4.98. The third kappa shape index (κ3) is 6.07. The number of hydrogen-bond donors (Lipinski definition) is 3. The molecule has 1 rings (SSSR count). The summed E-state index contributed by atoms with van der Waals surface area (Å²) in [5.74, 6) is -2.76. The monoisotopic (exact) mass is 226 g/mol. The van der Waals surface area contributed by atoms with Crippen molar-refractivity contribution in [2.75, 3.05) is 0 Å². The average Bonchev–Trinajstić information content (AvgIpc) is 2.02. The highest BCUT2D eigenvalue weighted by molar-refractivity contribution is 5.73. The largest absolute Gasteiger partial charge is 0.490 e. The van der Waals surface area contributed by atoms with Crippen molar-refractivity contribution in [3.05, 3.63) is 33.1 Å². The SMILES string of the molecule is O=C(O)C(F)(F)F.O=c1cc[nH]c(=O)[nH]1. The highest BCUT2D eigenvalue weighted by Crippen LogP contribution is 2.13. The first-order chi connectivity index (χ1) is 6.73. The van der Waals surface area contributed by atoms with Gasteiger partial charge in [-0.1, -0.05) is 0 Å². The zero-order valence-electron chi connectivity index (χ0n) is 6.96. The maximum atomic E-state index is 10.6. The number of carboxylic acid groups (broad SMARTS) is 1. The molecule has 0 aliphatic rings. The molecule has 15 heavy (non-hydrogen) atoms. The lowest BCUT2D eigenvalue weighted by Gasteiger charge is -1.93. The van der Waals surface area contributed by atoms with Crippen LogP contribution < -0.4 is 11.2 Å². The van der Waals surface area contributed by atoms with Crippen molar-refractivity contribution in [2.45, 2.75) is 6.18 Å². The number of carbonyl (C=O) groups is 1. The summed E-state index contributed by atoms with van der Waals surface area (Å²) >= 11 is 0. The number of H-pyrrole nitrogens is 2. The first-order valence-corrected chi connectivity index (χ1v) is 3.31. The molecular weight excluding hydrogens is 221 g/mol. The molecule has 0 aliphatic heterocycles. The Balaban J connectivity index is 0.000000265. The number of rotatable bonds is 0. The molecule has 0 aromatic carbocycles. The highest BCUT2D eigenvalue weighted by atomic mass is 19.4. The Morgan fingerprint density at radius 2 is 1.80 bits per heavy atom. The molecule has 0 atom stereocenters. The Morgan fingerprint density at radius 3 is 2.00 bits per heavy atom. The Kier molecular flexibility index (Phi) is 4.30. The lowest BCUT2D eigenvalue weighted by Crippen LogP contribution is -2.21. The normalized spacial score (nSPS) is 10.1. The highest BCUT2D eigenvalue weighted by Gasteiger charge is 2.38. The molecule has 0 unspecified atom stereocenters. The van der Waals surface area contributed by atoms with E-state index >= 15 is 0 Å². The van der Waals surface area contributed by atoms with Gasteiger partial charge in [-0.15, -0.1) is 0 Å². The molecule has 0 saturated heterocycles. The van der Waals surface area contributed by atoms with Gasteiger partial charge in [-0.3, -0.25) is 9.78 Å². The van der Waals surface area contributed by atoms with E-state index in [2.05, 4.69) is 4.98 Å². The van der Waals surface area contributed by atoms with E-state index < -0.39 is 17.8 Å². The van der Waals surface area contributed by atoms with Crippen molar-refractivity contribution in [1.82, 2.24) is 9.97 Å². The van der Waals surface area contributed by atoms with Gasteiger partial charge in [-0.25, -0.2) is 9.59 Å². The van der Waals surface area contributed by atoms with Crippen LogP contribution in [0.25, 0.3) is 0 Å². The summed E-state index contributed by atoms with van der Waals surface area (Å²) in [7, 11) is 0. The molecule has 0 fully saturated rings. The van der Waals surface area contributed by atoms with Gasteiger partial charge in [-0.05, 0) is 0 Å². The lowest BCUT2D eigenvalue weighted by atomic mass is 10.7. The van der Waals surface area contributed by atoms with Gasteiger partial charge in [0, 0.05) is 12.3 Å². The molecule has 6 nitrogen and oxygen atoms in total. The molecule has 3 N–H and O–H groups in total. The molecule has 0 bridgehead atoms. The lowest BCUT2D eigenvalue weighted by molar-refractivity contribution is -0.192. The maximum absolute atomic E-state index is 10.6. The minimum atomic E-state index is -5.08. The van der Waals surface area contributed by atoms with Crippen molar-refractivity contribution in [3.63, 3.8) is 0 Å². The fourth-order valence-corrected chi connectivity index (χ4v) is 0.383. The van der Waals surface area contributed by atoms with Gasteiger partial charge in [0.05, 0.1) is 0 Å². The van der Waals surface area contributed by atoms with Crippen molar-refractivity contribution < 1.29 is 23.1 Å².